The number of carbonyl (C=O) groups is 1. The van der Waals surface area contributed by atoms with E-state index in [1.165, 1.54) is 10.8 Å². The van der Waals surface area contributed by atoms with E-state index >= 15 is 0 Å². The molecule has 0 heterocycles. The van der Waals surface area contributed by atoms with Crippen molar-refractivity contribution in [2.24, 2.45) is 11.7 Å². The van der Waals surface area contributed by atoms with Crippen LogP contribution in [-0.4, -0.2) is 12.0 Å². The van der Waals surface area contributed by atoms with Crippen LogP contribution in [0, 0.1) is 5.92 Å². The Balaban J connectivity index is 1.95. The predicted molar refractivity (Wildman–Crippen MR) is 93.5 cm³/mol. The van der Waals surface area contributed by atoms with Crippen LogP contribution in [0.25, 0.3) is 10.8 Å². The maximum absolute atomic E-state index is 10.8. The molecule has 2 N–H and O–H groups in total. The van der Waals surface area contributed by atoms with Crippen LogP contribution in [0.4, 0.5) is 0 Å². The van der Waals surface area contributed by atoms with Crippen molar-refractivity contribution in [1.82, 2.24) is 0 Å². The normalized spacial score (nSPS) is 14.0. The predicted octanol–water partition coefficient (Wildman–Crippen LogP) is 4.41. The standard InChI is InChI=1S/C18H22BrNO2/c1-12(6-9-18(20)21)13(2)22-11-14-7-8-16-15(10-14)4-3-5-17(16)19/h3-5,7-8,10,12-13H,6,9,11H2,1-2H3,(H2,20,21)/t12-,13+/m0/s1. The first-order valence-corrected chi connectivity index (χ1v) is 8.33. The zero-order chi connectivity index (χ0) is 16.1. The lowest BCUT2D eigenvalue weighted by Crippen LogP contribution is -2.20. The van der Waals surface area contributed by atoms with Crippen LogP contribution in [0.15, 0.2) is 40.9 Å². The van der Waals surface area contributed by atoms with Gasteiger partial charge in [-0.25, -0.2) is 0 Å². The van der Waals surface area contributed by atoms with E-state index < -0.39 is 0 Å². The van der Waals surface area contributed by atoms with Crippen LogP contribution >= 0.6 is 15.9 Å². The Kier molecular flexibility index (Phi) is 5.98. The van der Waals surface area contributed by atoms with Crippen LogP contribution in [0.5, 0.6) is 0 Å². The van der Waals surface area contributed by atoms with Crippen molar-refractivity contribution in [3.63, 3.8) is 0 Å². The zero-order valence-corrected chi connectivity index (χ0v) is 14.6. The van der Waals surface area contributed by atoms with Gasteiger partial charge < -0.3 is 10.5 Å². The van der Waals surface area contributed by atoms with Gasteiger partial charge in [0.2, 0.25) is 5.91 Å². The largest absolute Gasteiger partial charge is 0.374 e. The highest BCUT2D eigenvalue weighted by Gasteiger charge is 2.14. The maximum atomic E-state index is 10.8. The summed E-state index contributed by atoms with van der Waals surface area (Å²) in [6, 6.07) is 12.5. The summed E-state index contributed by atoms with van der Waals surface area (Å²) >= 11 is 3.56. The van der Waals surface area contributed by atoms with Crippen molar-refractivity contribution < 1.29 is 9.53 Å². The van der Waals surface area contributed by atoms with Gasteiger partial charge in [0, 0.05) is 10.9 Å². The van der Waals surface area contributed by atoms with E-state index in [0.29, 0.717) is 18.9 Å². The molecule has 0 saturated heterocycles. The first-order chi connectivity index (χ1) is 10.5. The van der Waals surface area contributed by atoms with Crippen LogP contribution in [0.1, 0.15) is 32.3 Å². The molecule has 3 nitrogen and oxygen atoms in total. The summed E-state index contributed by atoms with van der Waals surface area (Å²) in [7, 11) is 0. The molecule has 0 aliphatic heterocycles. The van der Waals surface area contributed by atoms with Crippen molar-refractivity contribution in [1.29, 1.82) is 0 Å². The van der Waals surface area contributed by atoms with Crippen molar-refractivity contribution in [2.75, 3.05) is 0 Å². The summed E-state index contributed by atoms with van der Waals surface area (Å²) in [5.41, 5.74) is 6.34. The SMILES string of the molecule is C[C@@H](CCC(N)=O)[C@@H](C)OCc1ccc2c(Br)cccc2c1. The van der Waals surface area contributed by atoms with Crippen molar-refractivity contribution in [2.45, 2.75) is 39.4 Å². The second kappa shape index (κ2) is 7.75. The minimum atomic E-state index is -0.251. The number of rotatable bonds is 7. The van der Waals surface area contributed by atoms with Gasteiger partial charge in [-0.15, -0.1) is 0 Å². The van der Waals surface area contributed by atoms with Crippen LogP contribution in [0.2, 0.25) is 0 Å². The molecule has 22 heavy (non-hydrogen) atoms. The fraction of sp³-hybridized carbons (Fsp3) is 0.389. The Bertz CT molecular complexity index is 657. The van der Waals surface area contributed by atoms with Crippen molar-refractivity contribution in [3.8, 4) is 0 Å². The van der Waals surface area contributed by atoms with Gasteiger partial charge in [0.1, 0.15) is 0 Å². The zero-order valence-electron chi connectivity index (χ0n) is 13.0. The van der Waals surface area contributed by atoms with E-state index in [-0.39, 0.29) is 12.0 Å². The molecule has 0 aliphatic rings. The summed E-state index contributed by atoms with van der Waals surface area (Å²) in [4.78, 5) is 10.8. The molecule has 0 radical (unpaired) electrons. The third-order valence-corrected chi connectivity index (χ3v) is 4.74. The Morgan fingerprint density at radius 3 is 2.77 bits per heavy atom. The lowest BCUT2D eigenvalue weighted by atomic mass is 10.00. The van der Waals surface area contributed by atoms with E-state index in [0.717, 1.165) is 16.5 Å². The Morgan fingerprint density at radius 2 is 2.05 bits per heavy atom. The lowest BCUT2D eigenvalue weighted by molar-refractivity contribution is -0.118. The lowest BCUT2D eigenvalue weighted by Gasteiger charge is -2.20. The van der Waals surface area contributed by atoms with Gasteiger partial charge in [-0.2, -0.15) is 0 Å². The summed E-state index contributed by atoms with van der Waals surface area (Å²) < 4.78 is 7.04. The van der Waals surface area contributed by atoms with Gasteiger partial charge in [-0.05, 0) is 47.7 Å². The Hall–Kier alpha value is -1.39. The molecule has 0 fully saturated rings. The molecule has 2 aromatic carbocycles. The highest BCUT2D eigenvalue weighted by Crippen LogP contribution is 2.25. The molecule has 2 atom stereocenters. The molecule has 4 heteroatoms. The molecule has 118 valence electrons. The molecule has 0 spiro atoms. The van der Waals surface area contributed by atoms with Crippen LogP contribution in [0.3, 0.4) is 0 Å². The highest BCUT2D eigenvalue weighted by atomic mass is 79.9. The number of benzene rings is 2. The third-order valence-electron chi connectivity index (χ3n) is 4.05. The monoisotopic (exact) mass is 363 g/mol. The molecule has 2 rings (SSSR count). The van der Waals surface area contributed by atoms with E-state index in [9.17, 15) is 4.79 Å². The highest BCUT2D eigenvalue weighted by molar-refractivity contribution is 9.10. The van der Waals surface area contributed by atoms with E-state index in [4.69, 9.17) is 10.5 Å². The number of carbonyl (C=O) groups excluding carboxylic acids is 1. The van der Waals surface area contributed by atoms with E-state index in [2.05, 4.69) is 47.1 Å². The molecular formula is C18H22BrNO2. The topological polar surface area (TPSA) is 52.3 Å². The molecule has 0 saturated carbocycles. The van der Waals surface area contributed by atoms with E-state index in [1.54, 1.807) is 0 Å². The quantitative estimate of drug-likeness (QED) is 0.791. The second-order valence-electron chi connectivity index (χ2n) is 5.79. The van der Waals surface area contributed by atoms with Crippen molar-refractivity contribution >= 4 is 32.6 Å². The molecule has 0 aliphatic carbocycles. The summed E-state index contributed by atoms with van der Waals surface area (Å²) in [5, 5.41) is 2.40. The number of hydrogen-bond acceptors (Lipinski definition) is 2. The average Bonchev–Trinajstić information content (AvgIpc) is 2.50. The second-order valence-corrected chi connectivity index (χ2v) is 6.65. The number of primary amides is 1. The molecule has 0 unspecified atom stereocenters. The van der Waals surface area contributed by atoms with E-state index in [1.807, 2.05) is 19.1 Å². The van der Waals surface area contributed by atoms with Crippen LogP contribution < -0.4 is 5.73 Å². The minimum Gasteiger partial charge on any atom is -0.374 e. The molecule has 2 aromatic rings. The number of nitrogens with two attached hydrogens (primary N) is 1. The van der Waals surface area contributed by atoms with Crippen LogP contribution in [-0.2, 0) is 16.1 Å². The smallest absolute Gasteiger partial charge is 0.217 e. The summed E-state index contributed by atoms with van der Waals surface area (Å²) in [6.45, 7) is 4.71. The first kappa shape index (κ1) is 17.0. The van der Waals surface area contributed by atoms with Gasteiger partial charge in [-0.3, -0.25) is 4.79 Å². The fourth-order valence-corrected chi connectivity index (χ4v) is 2.89. The number of halogens is 1. The Labute approximate surface area is 140 Å². The molecule has 0 bridgehead atoms. The van der Waals surface area contributed by atoms with Gasteiger partial charge >= 0.3 is 0 Å². The molecule has 1 amide bonds. The van der Waals surface area contributed by atoms with Gasteiger partial charge in [0.15, 0.2) is 0 Å². The number of ether oxygens (including phenoxy) is 1. The number of fused-ring (bicyclic) bond motifs is 1. The fourth-order valence-electron chi connectivity index (χ4n) is 2.38. The van der Waals surface area contributed by atoms with Crippen molar-refractivity contribution in [3.05, 3.63) is 46.4 Å². The molecular weight excluding hydrogens is 342 g/mol. The minimum absolute atomic E-state index is 0.0950. The first-order valence-electron chi connectivity index (χ1n) is 7.54. The summed E-state index contributed by atoms with van der Waals surface area (Å²) in [6.07, 6.45) is 1.28. The summed E-state index contributed by atoms with van der Waals surface area (Å²) in [5.74, 6) is 0.0567. The number of amides is 1. The van der Waals surface area contributed by atoms with Gasteiger partial charge in [0.05, 0.1) is 12.7 Å². The van der Waals surface area contributed by atoms with Gasteiger partial charge in [-0.1, -0.05) is 47.1 Å². The van der Waals surface area contributed by atoms with Gasteiger partial charge in [0.25, 0.3) is 0 Å². The Morgan fingerprint density at radius 1 is 1.27 bits per heavy atom. The average molecular weight is 364 g/mol. The maximum Gasteiger partial charge on any atom is 0.217 e. The molecule has 0 aromatic heterocycles. The third kappa shape index (κ3) is 4.55. The number of hydrogen-bond donors (Lipinski definition) is 1.